The van der Waals surface area contributed by atoms with Gasteiger partial charge in [-0.1, -0.05) is 5.92 Å². The summed E-state index contributed by atoms with van der Waals surface area (Å²) in [5.41, 5.74) is 0. The Hall–Kier alpha value is -13.2. The highest BCUT2D eigenvalue weighted by atomic mass is 13.6. The maximum absolute atomic E-state index is 6.57. The standard InChI is InChI=1S/C61H3/c1-3-5-7-9-11-13-15-17-19-21-23-25-27-29-31-33-35-37-39-41-43-45-47-49-51-53-55-57-59-61-60-58-56-54-52-50-48-46-44-42-40-38-36-34-32-30-28-26-24-22-20-18-16-14-12-10-8-6-4-2/h1H3/q-1. The smallest absolute Gasteiger partial charge is 0 e. The van der Waals surface area contributed by atoms with Gasteiger partial charge in [-0.15, -0.1) is 5.92 Å². The molecule has 0 unspecified atom stereocenters. The molecule has 0 spiro atoms. The van der Waals surface area contributed by atoms with Gasteiger partial charge < -0.3 is 6.42 Å². The van der Waals surface area contributed by atoms with E-state index < -0.39 is 0 Å². The van der Waals surface area contributed by atoms with Gasteiger partial charge in [-0.2, -0.15) is 0 Å². The van der Waals surface area contributed by atoms with Crippen molar-refractivity contribution < 1.29 is 0 Å². The van der Waals surface area contributed by atoms with Crippen LogP contribution in [0.5, 0.6) is 0 Å². The van der Waals surface area contributed by atoms with Gasteiger partial charge in [0.1, 0.15) is 0 Å². The Morgan fingerprint density at radius 3 is 0.295 bits per heavy atom. The molecule has 0 aromatic carbocycles. The van der Waals surface area contributed by atoms with Gasteiger partial charge in [-0.25, -0.2) is 5.92 Å². The molecule has 0 bridgehead atoms. The molecular weight excluding hydrogens is 733 g/mol. The maximum atomic E-state index is 6.57. The fourth-order valence-corrected chi connectivity index (χ4v) is 1.81. The average Bonchev–Trinajstić information content (AvgIpc) is 3.27. The average molecular weight is 736 g/mol. The Kier molecular flexibility index (Phi) is 36.7. The molecular formula is C61H3-. The van der Waals surface area contributed by atoms with Crippen LogP contribution in [0, 0.1) is 356 Å². The minimum atomic E-state index is 1.68. The van der Waals surface area contributed by atoms with Gasteiger partial charge in [0.05, 0.1) is 0 Å². The molecule has 0 aromatic rings. The lowest BCUT2D eigenvalue weighted by atomic mass is 10.4. The van der Waals surface area contributed by atoms with Crippen molar-refractivity contribution in [3.63, 3.8) is 0 Å². The molecule has 0 heterocycles. The summed E-state index contributed by atoms with van der Waals surface area (Å²) in [4.78, 5) is 0. The Bertz CT molecular complexity index is 3880. The van der Waals surface area contributed by atoms with E-state index in [1.807, 2.05) is 5.92 Å². The van der Waals surface area contributed by atoms with E-state index in [0.717, 1.165) is 0 Å². The summed E-state index contributed by atoms with van der Waals surface area (Å²) < 4.78 is 0. The third-order valence-electron chi connectivity index (χ3n) is 3.69. The van der Waals surface area contributed by atoms with Crippen LogP contribution >= 0.6 is 0 Å². The Morgan fingerprint density at radius 1 is 0.131 bits per heavy atom. The van der Waals surface area contributed by atoms with E-state index >= 15 is 0 Å². The zero-order valence-electron chi connectivity index (χ0n) is 31.0. The molecule has 0 aromatic heterocycles. The van der Waals surface area contributed by atoms with Crippen molar-refractivity contribution in [1.82, 2.24) is 0 Å². The van der Waals surface area contributed by atoms with Crippen molar-refractivity contribution >= 4 is 0 Å². The minimum Gasteiger partial charge on any atom is -0.358 e. The van der Waals surface area contributed by atoms with E-state index in [2.05, 4.69) is 343 Å². The van der Waals surface area contributed by atoms with Crippen molar-refractivity contribution in [2.75, 3.05) is 0 Å². The molecule has 0 fully saturated rings. The van der Waals surface area contributed by atoms with E-state index in [4.69, 9.17) is 6.42 Å². The van der Waals surface area contributed by atoms with Crippen molar-refractivity contribution in [3.05, 3.63) is 6.42 Å². The van der Waals surface area contributed by atoms with Crippen LogP contribution in [0.2, 0.25) is 0 Å². The first-order valence-electron chi connectivity index (χ1n) is 15.2. The Labute approximate surface area is 361 Å². The van der Waals surface area contributed by atoms with E-state index in [9.17, 15) is 0 Å². The molecule has 0 rings (SSSR count). The van der Waals surface area contributed by atoms with E-state index in [1.54, 1.807) is 6.92 Å². The third-order valence-corrected chi connectivity index (χ3v) is 3.69. The van der Waals surface area contributed by atoms with Crippen LogP contribution in [0.3, 0.4) is 0 Å². The largest absolute Gasteiger partial charge is 0.358 e. The van der Waals surface area contributed by atoms with Gasteiger partial charge in [0.2, 0.25) is 0 Å². The van der Waals surface area contributed by atoms with Crippen LogP contribution in [0.4, 0.5) is 0 Å². The molecule has 0 nitrogen and oxygen atoms in total. The van der Waals surface area contributed by atoms with Crippen LogP contribution in [0.25, 0.3) is 0 Å². The highest BCUT2D eigenvalue weighted by Crippen LogP contribution is 1.63. The topological polar surface area (TPSA) is 0 Å². The number of rotatable bonds is 0. The van der Waals surface area contributed by atoms with E-state index in [1.165, 1.54) is 0 Å². The molecule has 0 saturated carbocycles. The van der Waals surface area contributed by atoms with Crippen molar-refractivity contribution in [2.24, 2.45) is 0 Å². The summed E-state index contributed by atoms with van der Waals surface area (Å²) in [5.74, 6) is 146. The molecule has 61 heavy (non-hydrogen) atoms. The van der Waals surface area contributed by atoms with Crippen molar-refractivity contribution in [1.29, 1.82) is 0 Å². The highest BCUT2D eigenvalue weighted by Gasteiger charge is 1.63. The second-order valence-corrected chi connectivity index (χ2v) is 7.50. The second kappa shape index (κ2) is 46.8. The summed E-state index contributed by atoms with van der Waals surface area (Å²) in [6, 6.07) is 0. The molecule has 0 atom stereocenters. The Morgan fingerprint density at radius 2 is 0.213 bits per heavy atom. The molecule has 0 aliphatic carbocycles. The molecule has 0 radical (unpaired) electrons. The second-order valence-electron chi connectivity index (χ2n) is 7.50. The third kappa shape index (κ3) is 46.8. The number of hydrogen-bond donors (Lipinski definition) is 0. The lowest BCUT2D eigenvalue weighted by Gasteiger charge is -1.63. The first kappa shape index (κ1) is 47.8. The molecule has 248 valence electrons. The summed E-state index contributed by atoms with van der Waals surface area (Å²) in [6.45, 7) is 1.68. The summed E-state index contributed by atoms with van der Waals surface area (Å²) >= 11 is 0. The molecule has 0 amide bonds. The fourth-order valence-electron chi connectivity index (χ4n) is 1.81. The van der Waals surface area contributed by atoms with Gasteiger partial charge in [0.25, 0.3) is 0 Å². The lowest BCUT2D eigenvalue weighted by molar-refractivity contribution is 1.92. The lowest BCUT2D eigenvalue weighted by Crippen LogP contribution is -1.57. The molecule has 0 aliphatic rings. The summed E-state index contributed by atoms with van der Waals surface area (Å²) in [7, 11) is 0. The molecule has 0 aliphatic heterocycles. The zero-order valence-corrected chi connectivity index (χ0v) is 31.0. The predicted molar refractivity (Wildman–Crippen MR) is 238 cm³/mol. The quantitative estimate of drug-likeness (QED) is 0.254. The van der Waals surface area contributed by atoms with Gasteiger partial charge >= 0.3 is 0 Å². The van der Waals surface area contributed by atoms with Crippen LogP contribution < -0.4 is 0 Å². The van der Waals surface area contributed by atoms with Crippen LogP contribution in [0.1, 0.15) is 6.92 Å². The highest BCUT2D eigenvalue weighted by molar-refractivity contribution is 5.52. The minimum absolute atomic E-state index is 1.68. The monoisotopic (exact) mass is 735 g/mol. The molecule has 0 N–H and O–H groups in total. The summed E-state index contributed by atoms with van der Waals surface area (Å²) in [5, 5.41) is 0. The first-order chi connectivity index (χ1) is 30.4. The predicted octanol–water partition coefficient (Wildman–Crippen LogP) is 0.695. The maximum Gasteiger partial charge on any atom is 0 e. The van der Waals surface area contributed by atoms with Crippen molar-refractivity contribution in [2.45, 2.75) is 6.92 Å². The van der Waals surface area contributed by atoms with Crippen LogP contribution in [-0.4, -0.2) is 0 Å². The first-order valence-corrected chi connectivity index (χ1v) is 15.2. The summed E-state index contributed by atoms with van der Waals surface area (Å²) in [6.07, 6.45) is 6.57. The number of hydrogen-bond acceptors (Lipinski definition) is 0. The van der Waals surface area contributed by atoms with Gasteiger partial charge in [-0.05, 0) is 102 Å². The fraction of sp³-hybridized carbons (Fsp3) is 0.0164. The molecule has 0 heteroatoms. The van der Waals surface area contributed by atoms with Gasteiger partial charge in [-0.3, -0.25) is 5.92 Å². The van der Waals surface area contributed by atoms with Crippen molar-refractivity contribution in [3.8, 4) is 349 Å². The van der Waals surface area contributed by atoms with Gasteiger partial charge in [0.15, 0.2) is 0 Å². The van der Waals surface area contributed by atoms with Crippen LogP contribution in [-0.2, 0) is 0 Å². The molecule has 0 saturated heterocycles. The van der Waals surface area contributed by atoms with Crippen LogP contribution in [0.15, 0.2) is 0 Å². The normalized spacial score (nSPS) is 3.93. The Balaban J connectivity index is 4.59. The van der Waals surface area contributed by atoms with Gasteiger partial charge in [0, 0.05) is 231 Å². The van der Waals surface area contributed by atoms with E-state index in [0.29, 0.717) is 0 Å². The SMILES string of the molecule is [C-]#CC#CC#CC#CC#CC#CC#CC#CC#CC#CC#CC#CC#CC#CC#CC#CC#CC#CC#CC#CC#CC#CC#CC#CC#CC#CC#CC#CC#CC#CC. The zero-order chi connectivity index (χ0) is 43.7. The van der Waals surface area contributed by atoms with E-state index in [-0.39, 0.29) is 0 Å².